The van der Waals surface area contributed by atoms with Crippen molar-refractivity contribution in [3.8, 4) is 0 Å². The number of aryl methyl sites for hydroxylation is 1. The van der Waals surface area contributed by atoms with E-state index < -0.39 is 0 Å². The maximum Gasteiger partial charge on any atom is 0.231 e. The van der Waals surface area contributed by atoms with Crippen molar-refractivity contribution in [3.05, 3.63) is 77.5 Å². The van der Waals surface area contributed by atoms with Gasteiger partial charge in [0.1, 0.15) is 5.82 Å². The topological polar surface area (TPSA) is 32.3 Å². The lowest BCUT2D eigenvalue weighted by molar-refractivity contribution is 0.615. The number of para-hydroxylation sites is 1. The van der Waals surface area contributed by atoms with Gasteiger partial charge < -0.3 is 9.80 Å². The standard InChI is InChI=1S/C24H28N4/c1-4-10-20-17-23(26-24(25-20)27(3)21-12-6-5-7-13-21)28-16-15-19-11-8-9-14-22(19)18(28)2/h5-9,11-14,17-18H,4,10,15-16H2,1-3H3. The molecule has 0 saturated carbocycles. The van der Waals surface area contributed by atoms with E-state index in [1.54, 1.807) is 0 Å². The van der Waals surface area contributed by atoms with Gasteiger partial charge in [0, 0.05) is 31.0 Å². The summed E-state index contributed by atoms with van der Waals surface area (Å²) in [5.74, 6) is 1.79. The number of anilines is 3. The zero-order valence-electron chi connectivity index (χ0n) is 17.0. The van der Waals surface area contributed by atoms with Crippen molar-refractivity contribution in [1.82, 2.24) is 9.97 Å². The van der Waals surface area contributed by atoms with Crippen LogP contribution in [-0.4, -0.2) is 23.6 Å². The monoisotopic (exact) mass is 372 g/mol. The summed E-state index contributed by atoms with van der Waals surface area (Å²) in [6.45, 7) is 5.46. The third-order valence-corrected chi connectivity index (χ3v) is 5.59. The van der Waals surface area contributed by atoms with E-state index in [4.69, 9.17) is 9.97 Å². The number of hydrogen-bond donors (Lipinski definition) is 0. The van der Waals surface area contributed by atoms with E-state index in [2.05, 4.69) is 66.1 Å². The lowest BCUT2D eigenvalue weighted by atomic mass is 9.93. The van der Waals surface area contributed by atoms with Crippen LogP contribution in [0, 0.1) is 0 Å². The van der Waals surface area contributed by atoms with Gasteiger partial charge in [0.15, 0.2) is 0 Å². The largest absolute Gasteiger partial charge is 0.349 e. The van der Waals surface area contributed by atoms with E-state index >= 15 is 0 Å². The minimum absolute atomic E-state index is 0.309. The van der Waals surface area contributed by atoms with Gasteiger partial charge >= 0.3 is 0 Å². The lowest BCUT2D eigenvalue weighted by Crippen LogP contribution is -2.35. The van der Waals surface area contributed by atoms with E-state index in [1.807, 2.05) is 25.2 Å². The van der Waals surface area contributed by atoms with Crippen molar-refractivity contribution in [2.75, 3.05) is 23.4 Å². The molecule has 4 nitrogen and oxygen atoms in total. The van der Waals surface area contributed by atoms with Crippen LogP contribution in [-0.2, 0) is 12.8 Å². The average molecular weight is 373 g/mol. The Morgan fingerprint density at radius 2 is 1.79 bits per heavy atom. The van der Waals surface area contributed by atoms with Crippen LogP contribution in [0.25, 0.3) is 0 Å². The van der Waals surface area contributed by atoms with Crippen LogP contribution in [0.1, 0.15) is 43.1 Å². The number of nitrogens with zero attached hydrogens (tertiary/aromatic N) is 4. The Hall–Kier alpha value is -2.88. The highest BCUT2D eigenvalue weighted by Gasteiger charge is 2.25. The third kappa shape index (κ3) is 3.59. The minimum Gasteiger partial charge on any atom is -0.349 e. The van der Waals surface area contributed by atoms with Gasteiger partial charge in [-0.25, -0.2) is 4.98 Å². The van der Waals surface area contributed by atoms with Crippen molar-refractivity contribution in [3.63, 3.8) is 0 Å². The summed E-state index contributed by atoms with van der Waals surface area (Å²) in [6.07, 6.45) is 3.09. The average Bonchev–Trinajstić information content (AvgIpc) is 2.74. The maximum absolute atomic E-state index is 4.98. The molecule has 0 radical (unpaired) electrons. The summed E-state index contributed by atoms with van der Waals surface area (Å²) in [4.78, 5) is 14.3. The highest BCUT2D eigenvalue weighted by atomic mass is 15.3. The Labute approximate surface area is 167 Å². The van der Waals surface area contributed by atoms with Gasteiger partial charge in [0.25, 0.3) is 0 Å². The first kappa shape index (κ1) is 18.5. The Morgan fingerprint density at radius 3 is 2.57 bits per heavy atom. The van der Waals surface area contributed by atoms with E-state index in [0.29, 0.717) is 6.04 Å². The second-order valence-electron chi connectivity index (χ2n) is 7.48. The normalized spacial score (nSPS) is 16.0. The van der Waals surface area contributed by atoms with E-state index in [-0.39, 0.29) is 0 Å². The minimum atomic E-state index is 0.309. The predicted octanol–water partition coefficient (Wildman–Crippen LogP) is 5.32. The van der Waals surface area contributed by atoms with Crippen LogP contribution < -0.4 is 9.80 Å². The molecule has 2 heterocycles. The van der Waals surface area contributed by atoms with Crippen molar-refractivity contribution in [2.24, 2.45) is 0 Å². The molecule has 1 aromatic heterocycles. The molecule has 0 amide bonds. The fraction of sp³-hybridized carbons (Fsp3) is 0.333. The SMILES string of the molecule is CCCc1cc(N2CCc3ccccc3C2C)nc(N(C)c2ccccc2)n1. The van der Waals surface area contributed by atoms with Crippen molar-refractivity contribution < 1.29 is 0 Å². The molecule has 4 rings (SSSR count). The van der Waals surface area contributed by atoms with Gasteiger partial charge in [-0.1, -0.05) is 55.8 Å². The molecule has 1 atom stereocenters. The summed E-state index contributed by atoms with van der Waals surface area (Å²) in [5.41, 5.74) is 5.06. The predicted molar refractivity (Wildman–Crippen MR) is 116 cm³/mol. The molecular weight excluding hydrogens is 344 g/mol. The van der Waals surface area contributed by atoms with Crippen molar-refractivity contribution >= 4 is 17.5 Å². The molecule has 0 bridgehead atoms. The maximum atomic E-state index is 4.98. The van der Waals surface area contributed by atoms with Crippen LogP contribution in [0.3, 0.4) is 0 Å². The number of rotatable bonds is 5. The van der Waals surface area contributed by atoms with E-state index in [9.17, 15) is 0 Å². The first-order chi connectivity index (χ1) is 13.7. The highest BCUT2D eigenvalue weighted by molar-refractivity contribution is 5.59. The van der Waals surface area contributed by atoms with E-state index in [0.717, 1.165) is 49.0 Å². The molecule has 1 aliphatic rings. The van der Waals surface area contributed by atoms with Crippen molar-refractivity contribution in [1.29, 1.82) is 0 Å². The Balaban J connectivity index is 1.72. The van der Waals surface area contributed by atoms with Gasteiger partial charge in [0.2, 0.25) is 5.95 Å². The van der Waals surface area contributed by atoms with Crippen LogP contribution in [0.4, 0.5) is 17.5 Å². The van der Waals surface area contributed by atoms with Gasteiger partial charge in [0.05, 0.1) is 6.04 Å². The molecule has 3 aromatic rings. The molecule has 2 aromatic carbocycles. The fourth-order valence-electron chi connectivity index (χ4n) is 4.00. The first-order valence-corrected chi connectivity index (χ1v) is 10.2. The Bertz CT molecular complexity index is 938. The van der Waals surface area contributed by atoms with Crippen LogP contribution in [0.5, 0.6) is 0 Å². The molecule has 4 heteroatoms. The molecule has 0 aliphatic carbocycles. The number of fused-ring (bicyclic) bond motifs is 1. The summed E-state index contributed by atoms with van der Waals surface area (Å²) in [7, 11) is 2.04. The lowest BCUT2D eigenvalue weighted by Gasteiger charge is -2.36. The van der Waals surface area contributed by atoms with Crippen LogP contribution in [0.2, 0.25) is 0 Å². The highest BCUT2D eigenvalue weighted by Crippen LogP contribution is 2.34. The Morgan fingerprint density at radius 1 is 1.04 bits per heavy atom. The number of benzene rings is 2. The second kappa shape index (κ2) is 8.01. The molecule has 0 spiro atoms. The first-order valence-electron chi connectivity index (χ1n) is 10.2. The number of hydrogen-bond acceptors (Lipinski definition) is 4. The Kier molecular flexibility index (Phi) is 5.29. The summed E-state index contributed by atoms with van der Waals surface area (Å²) >= 11 is 0. The van der Waals surface area contributed by atoms with Crippen molar-refractivity contribution in [2.45, 2.75) is 39.2 Å². The molecule has 1 unspecified atom stereocenters. The molecule has 0 N–H and O–H groups in total. The fourth-order valence-corrected chi connectivity index (χ4v) is 4.00. The van der Waals surface area contributed by atoms with Crippen LogP contribution >= 0.6 is 0 Å². The summed E-state index contributed by atoms with van der Waals surface area (Å²) in [6, 6.07) is 21.6. The van der Waals surface area contributed by atoms with Gasteiger partial charge in [-0.05, 0) is 43.0 Å². The number of aromatic nitrogens is 2. The van der Waals surface area contributed by atoms with Gasteiger partial charge in [-0.2, -0.15) is 4.98 Å². The zero-order valence-corrected chi connectivity index (χ0v) is 17.0. The van der Waals surface area contributed by atoms with E-state index in [1.165, 1.54) is 11.1 Å². The van der Waals surface area contributed by atoms with Gasteiger partial charge in [-0.15, -0.1) is 0 Å². The molecule has 0 saturated heterocycles. The smallest absolute Gasteiger partial charge is 0.231 e. The summed E-state index contributed by atoms with van der Waals surface area (Å²) in [5, 5.41) is 0. The second-order valence-corrected chi connectivity index (χ2v) is 7.48. The molecule has 0 fully saturated rings. The quantitative estimate of drug-likeness (QED) is 0.607. The van der Waals surface area contributed by atoms with Gasteiger partial charge in [-0.3, -0.25) is 0 Å². The molecule has 28 heavy (non-hydrogen) atoms. The molecule has 1 aliphatic heterocycles. The zero-order chi connectivity index (χ0) is 19.5. The summed E-state index contributed by atoms with van der Waals surface area (Å²) < 4.78 is 0. The molecular formula is C24H28N4. The third-order valence-electron chi connectivity index (χ3n) is 5.59. The molecule has 144 valence electrons. The van der Waals surface area contributed by atoms with Crippen LogP contribution in [0.15, 0.2) is 60.7 Å².